The van der Waals surface area contributed by atoms with E-state index in [2.05, 4.69) is 10.6 Å². The molecule has 0 aliphatic carbocycles. The van der Waals surface area contributed by atoms with Crippen molar-refractivity contribution < 1.29 is 22.7 Å². The largest absolute Gasteiger partial charge is 0.444 e. The van der Waals surface area contributed by atoms with Crippen LogP contribution in [0.3, 0.4) is 0 Å². The van der Waals surface area contributed by atoms with E-state index in [4.69, 9.17) is 16.3 Å². The molecule has 0 saturated carbocycles. The topological polar surface area (TPSA) is 50.4 Å². The lowest BCUT2D eigenvalue weighted by atomic mass is 10.1. The summed E-state index contributed by atoms with van der Waals surface area (Å²) in [6, 6.07) is 3.46. The fraction of sp³-hybridized carbons (Fsp3) is 0.500. The third-order valence-electron chi connectivity index (χ3n) is 2.40. The Bertz CT molecular complexity index is 528. The minimum absolute atomic E-state index is 0.00440. The molecule has 0 heterocycles. The SMILES string of the molecule is CC(C)(C)OC(=O)NCCNc1ccc(Cl)cc1C(F)(F)F. The van der Waals surface area contributed by atoms with Gasteiger partial charge in [-0.2, -0.15) is 13.2 Å². The van der Waals surface area contributed by atoms with Crippen LogP contribution in [0.25, 0.3) is 0 Å². The van der Waals surface area contributed by atoms with Gasteiger partial charge in [0.05, 0.1) is 5.56 Å². The zero-order valence-electron chi connectivity index (χ0n) is 12.5. The van der Waals surface area contributed by atoms with Crippen molar-refractivity contribution in [3.63, 3.8) is 0 Å². The molecular formula is C14H18ClF3N2O2. The normalized spacial score (nSPS) is 12.0. The van der Waals surface area contributed by atoms with Crippen molar-refractivity contribution in [2.24, 2.45) is 0 Å². The summed E-state index contributed by atoms with van der Waals surface area (Å²) in [6.45, 7) is 5.38. The molecule has 0 aliphatic rings. The number of hydrogen-bond donors (Lipinski definition) is 2. The number of carbonyl (C=O) groups excluding carboxylic acids is 1. The van der Waals surface area contributed by atoms with Gasteiger partial charge in [0, 0.05) is 23.8 Å². The van der Waals surface area contributed by atoms with Crippen LogP contribution in [0, 0.1) is 0 Å². The van der Waals surface area contributed by atoms with E-state index in [1.54, 1.807) is 20.8 Å². The summed E-state index contributed by atoms with van der Waals surface area (Å²) in [7, 11) is 0. The summed E-state index contributed by atoms with van der Waals surface area (Å²) >= 11 is 5.59. The number of alkyl carbamates (subject to hydrolysis) is 1. The van der Waals surface area contributed by atoms with Crippen LogP contribution in [0.5, 0.6) is 0 Å². The molecule has 0 atom stereocenters. The number of nitrogens with one attached hydrogen (secondary N) is 2. The van der Waals surface area contributed by atoms with Gasteiger partial charge in [-0.05, 0) is 39.0 Å². The lowest BCUT2D eigenvalue weighted by Crippen LogP contribution is -2.35. The number of hydrogen-bond acceptors (Lipinski definition) is 3. The second kappa shape index (κ2) is 7.09. The van der Waals surface area contributed by atoms with Gasteiger partial charge in [0.2, 0.25) is 0 Å². The van der Waals surface area contributed by atoms with Crippen molar-refractivity contribution in [2.75, 3.05) is 18.4 Å². The summed E-state index contributed by atoms with van der Waals surface area (Å²) in [5.41, 5.74) is -1.57. The van der Waals surface area contributed by atoms with Crippen molar-refractivity contribution in [1.29, 1.82) is 0 Å². The Balaban J connectivity index is 2.54. The van der Waals surface area contributed by atoms with Crippen LogP contribution in [-0.4, -0.2) is 24.8 Å². The van der Waals surface area contributed by atoms with Gasteiger partial charge in [0.25, 0.3) is 0 Å². The van der Waals surface area contributed by atoms with E-state index < -0.39 is 23.4 Å². The van der Waals surface area contributed by atoms with Crippen LogP contribution in [0.1, 0.15) is 26.3 Å². The van der Waals surface area contributed by atoms with Crippen molar-refractivity contribution in [1.82, 2.24) is 5.32 Å². The molecule has 22 heavy (non-hydrogen) atoms. The molecule has 124 valence electrons. The van der Waals surface area contributed by atoms with Gasteiger partial charge in [-0.15, -0.1) is 0 Å². The van der Waals surface area contributed by atoms with E-state index in [0.29, 0.717) is 0 Å². The summed E-state index contributed by atoms with van der Waals surface area (Å²) in [5, 5.41) is 5.07. The molecule has 2 N–H and O–H groups in total. The first kappa shape index (κ1) is 18.4. The quantitative estimate of drug-likeness (QED) is 0.805. The van der Waals surface area contributed by atoms with E-state index in [1.165, 1.54) is 12.1 Å². The lowest BCUT2D eigenvalue weighted by Gasteiger charge is -2.20. The fourth-order valence-electron chi connectivity index (χ4n) is 1.58. The average Bonchev–Trinajstić information content (AvgIpc) is 2.32. The molecule has 0 aliphatic heterocycles. The molecular weight excluding hydrogens is 321 g/mol. The second-order valence-electron chi connectivity index (χ2n) is 5.54. The minimum Gasteiger partial charge on any atom is -0.444 e. The molecule has 1 rings (SSSR count). The predicted molar refractivity (Wildman–Crippen MR) is 79.2 cm³/mol. The highest BCUT2D eigenvalue weighted by Crippen LogP contribution is 2.36. The zero-order valence-corrected chi connectivity index (χ0v) is 13.2. The first-order chi connectivity index (χ1) is 9.99. The van der Waals surface area contributed by atoms with Gasteiger partial charge in [-0.1, -0.05) is 11.6 Å². The molecule has 0 unspecified atom stereocenters. The fourth-order valence-corrected chi connectivity index (χ4v) is 1.75. The maximum absolute atomic E-state index is 12.9. The Morgan fingerprint density at radius 2 is 1.86 bits per heavy atom. The number of carbonyl (C=O) groups is 1. The maximum Gasteiger partial charge on any atom is 0.418 e. The van der Waals surface area contributed by atoms with Gasteiger partial charge < -0.3 is 15.4 Å². The van der Waals surface area contributed by atoms with Crippen molar-refractivity contribution >= 4 is 23.4 Å². The zero-order chi connectivity index (χ0) is 17.0. The summed E-state index contributed by atoms with van der Waals surface area (Å²) < 4.78 is 43.6. The molecule has 1 aromatic carbocycles. The monoisotopic (exact) mass is 338 g/mol. The molecule has 0 aromatic heterocycles. The third kappa shape index (κ3) is 6.43. The Morgan fingerprint density at radius 1 is 1.23 bits per heavy atom. The molecule has 0 spiro atoms. The van der Waals surface area contributed by atoms with Crippen LogP contribution < -0.4 is 10.6 Å². The summed E-state index contributed by atoms with van der Waals surface area (Å²) in [5.74, 6) is 0. The number of alkyl halides is 3. The van der Waals surface area contributed by atoms with E-state index in [0.717, 1.165) is 6.07 Å². The van der Waals surface area contributed by atoms with Gasteiger partial charge in [-0.3, -0.25) is 0 Å². The van der Waals surface area contributed by atoms with Crippen LogP contribution in [0.2, 0.25) is 5.02 Å². The van der Waals surface area contributed by atoms with E-state index in [9.17, 15) is 18.0 Å². The second-order valence-corrected chi connectivity index (χ2v) is 5.98. The van der Waals surface area contributed by atoms with Crippen molar-refractivity contribution in [3.05, 3.63) is 28.8 Å². The highest BCUT2D eigenvalue weighted by molar-refractivity contribution is 6.30. The molecule has 0 radical (unpaired) electrons. The minimum atomic E-state index is -4.51. The Hall–Kier alpha value is -1.63. The molecule has 1 amide bonds. The van der Waals surface area contributed by atoms with Crippen LogP contribution in [0.15, 0.2) is 18.2 Å². The van der Waals surface area contributed by atoms with Gasteiger partial charge in [0.1, 0.15) is 5.60 Å². The van der Waals surface area contributed by atoms with E-state index >= 15 is 0 Å². The smallest absolute Gasteiger partial charge is 0.418 e. The number of rotatable bonds is 4. The van der Waals surface area contributed by atoms with Gasteiger partial charge in [0.15, 0.2) is 0 Å². The highest BCUT2D eigenvalue weighted by atomic mass is 35.5. The molecule has 8 heteroatoms. The highest BCUT2D eigenvalue weighted by Gasteiger charge is 2.33. The number of halogens is 4. The number of amides is 1. The molecule has 4 nitrogen and oxygen atoms in total. The molecule has 0 fully saturated rings. The third-order valence-corrected chi connectivity index (χ3v) is 2.63. The van der Waals surface area contributed by atoms with Gasteiger partial charge >= 0.3 is 12.3 Å². The van der Waals surface area contributed by atoms with Crippen molar-refractivity contribution in [3.8, 4) is 0 Å². The number of benzene rings is 1. The summed E-state index contributed by atoms with van der Waals surface area (Å²) in [6.07, 6.45) is -5.13. The number of ether oxygens (including phenoxy) is 1. The molecule has 0 saturated heterocycles. The molecule has 1 aromatic rings. The standard InChI is InChI=1S/C14H18ClF3N2O2/c1-13(2,3)22-12(21)20-7-6-19-11-5-4-9(15)8-10(11)14(16,17)18/h4-5,8,19H,6-7H2,1-3H3,(H,20,21). The molecule has 0 bridgehead atoms. The Morgan fingerprint density at radius 3 is 2.41 bits per heavy atom. The number of anilines is 1. The van der Waals surface area contributed by atoms with Crippen molar-refractivity contribution in [2.45, 2.75) is 32.5 Å². The summed E-state index contributed by atoms with van der Waals surface area (Å²) in [4.78, 5) is 11.4. The first-order valence-electron chi connectivity index (χ1n) is 6.56. The van der Waals surface area contributed by atoms with Crippen LogP contribution in [0.4, 0.5) is 23.7 Å². The lowest BCUT2D eigenvalue weighted by molar-refractivity contribution is -0.136. The first-order valence-corrected chi connectivity index (χ1v) is 6.94. The van der Waals surface area contributed by atoms with Crippen LogP contribution >= 0.6 is 11.6 Å². The van der Waals surface area contributed by atoms with E-state index in [-0.39, 0.29) is 23.8 Å². The Kier molecular flexibility index (Phi) is 5.93. The van der Waals surface area contributed by atoms with Crippen LogP contribution in [-0.2, 0) is 10.9 Å². The average molecular weight is 339 g/mol. The van der Waals surface area contributed by atoms with Gasteiger partial charge in [-0.25, -0.2) is 4.79 Å². The Labute approximate surface area is 132 Å². The maximum atomic E-state index is 12.9. The predicted octanol–water partition coefficient (Wildman–Crippen LogP) is 4.30. The van der Waals surface area contributed by atoms with E-state index in [1.807, 2.05) is 0 Å².